The number of rotatable bonds is 2. The lowest BCUT2D eigenvalue weighted by Gasteiger charge is -2.42. The molecule has 2 nitrogen and oxygen atoms in total. The van der Waals surface area contributed by atoms with Crippen molar-refractivity contribution in [3.63, 3.8) is 0 Å². The first-order chi connectivity index (χ1) is 9.83. The fourth-order valence-electron chi connectivity index (χ4n) is 4.03. The van der Waals surface area contributed by atoms with Crippen molar-refractivity contribution in [2.24, 2.45) is 0 Å². The lowest BCUT2D eigenvalue weighted by molar-refractivity contribution is 0.0819. The predicted octanol–water partition coefficient (Wildman–Crippen LogP) is 3.60. The molecule has 2 heterocycles. The molecule has 1 atom stereocenters. The Morgan fingerprint density at radius 2 is 1.70 bits per heavy atom. The van der Waals surface area contributed by atoms with Gasteiger partial charge in [0.1, 0.15) is 0 Å². The van der Waals surface area contributed by atoms with Crippen LogP contribution in [0.15, 0.2) is 23.8 Å². The van der Waals surface area contributed by atoms with E-state index in [0.717, 1.165) is 12.5 Å². The molecule has 0 spiro atoms. The van der Waals surface area contributed by atoms with Gasteiger partial charge in [-0.15, -0.1) is 0 Å². The van der Waals surface area contributed by atoms with Gasteiger partial charge in [-0.1, -0.05) is 30.2 Å². The number of hydrogen-bond donors (Lipinski definition) is 0. The number of nitrogens with zero attached hydrogens (tertiary/aromatic N) is 2. The molecule has 0 aromatic carbocycles. The summed E-state index contributed by atoms with van der Waals surface area (Å²) in [5, 5.41) is 0. The Morgan fingerprint density at radius 1 is 0.950 bits per heavy atom. The summed E-state index contributed by atoms with van der Waals surface area (Å²) in [5.41, 5.74) is 1.53. The molecule has 20 heavy (non-hydrogen) atoms. The van der Waals surface area contributed by atoms with Gasteiger partial charge in [-0.2, -0.15) is 0 Å². The number of hydrogen-bond acceptors (Lipinski definition) is 2. The molecule has 0 amide bonds. The number of piperidine rings is 2. The maximum Gasteiger partial charge on any atom is 0.0312 e. The predicted molar refractivity (Wildman–Crippen MR) is 85.9 cm³/mol. The van der Waals surface area contributed by atoms with Crippen molar-refractivity contribution >= 4 is 0 Å². The summed E-state index contributed by atoms with van der Waals surface area (Å²) in [4.78, 5) is 5.49. The highest BCUT2D eigenvalue weighted by Gasteiger charge is 2.27. The molecule has 1 aliphatic carbocycles. The van der Waals surface area contributed by atoms with Gasteiger partial charge in [0, 0.05) is 25.2 Å². The number of likely N-dealkylation sites (tertiary alicyclic amines) is 2. The second-order valence-electron chi connectivity index (χ2n) is 6.85. The smallest absolute Gasteiger partial charge is 0.0312 e. The molecule has 0 N–H and O–H groups in total. The summed E-state index contributed by atoms with van der Waals surface area (Å²) in [7, 11) is 0. The zero-order valence-electron chi connectivity index (χ0n) is 13.1. The van der Waals surface area contributed by atoms with Crippen LogP contribution in [-0.2, 0) is 0 Å². The van der Waals surface area contributed by atoms with Crippen LogP contribution >= 0.6 is 0 Å². The second kappa shape index (κ2) is 6.91. The van der Waals surface area contributed by atoms with Crippen LogP contribution in [0.2, 0.25) is 0 Å². The molecule has 3 rings (SSSR count). The maximum atomic E-state index is 2.77. The Morgan fingerprint density at radius 3 is 2.45 bits per heavy atom. The van der Waals surface area contributed by atoms with Crippen molar-refractivity contribution in [3.8, 4) is 0 Å². The van der Waals surface area contributed by atoms with Crippen molar-refractivity contribution in [2.75, 3.05) is 26.2 Å². The first-order valence-corrected chi connectivity index (χ1v) is 8.63. The second-order valence-corrected chi connectivity index (χ2v) is 6.85. The molecule has 112 valence electrons. The van der Waals surface area contributed by atoms with Gasteiger partial charge in [-0.05, 0) is 58.5 Å². The Balaban J connectivity index is 1.50. The molecule has 0 bridgehead atoms. The average Bonchev–Trinajstić information content (AvgIpc) is 2.73. The minimum Gasteiger partial charge on any atom is -0.300 e. The SMILES string of the molecule is CC1=CCC(N2CCC(N3CCCCC3)CC2)C=CC1. The highest BCUT2D eigenvalue weighted by molar-refractivity contribution is 5.13. The van der Waals surface area contributed by atoms with E-state index in [1.54, 1.807) is 0 Å². The van der Waals surface area contributed by atoms with Crippen LogP contribution in [-0.4, -0.2) is 48.1 Å². The van der Waals surface area contributed by atoms with E-state index < -0.39 is 0 Å². The Hall–Kier alpha value is -0.600. The van der Waals surface area contributed by atoms with Crippen LogP contribution < -0.4 is 0 Å². The summed E-state index contributed by atoms with van der Waals surface area (Å²) in [6, 6.07) is 1.54. The van der Waals surface area contributed by atoms with Gasteiger partial charge in [0.25, 0.3) is 0 Å². The van der Waals surface area contributed by atoms with Crippen LogP contribution in [0.4, 0.5) is 0 Å². The maximum absolute atomic E-state index is 2.77. The van der Waals surface area contributed by atoms with E-state index in [-0.39, 0.29) is 0 Å². The molecular formula is C18H30N2. The van der Waals surface area contributed by atoms with Gasteiger partial charge in [-0.3, -0.25) is 4.90 Å². The van der Waals surface area contributed by atoms with Gasteiger partial charge < -0.3 is 4.90 Å². The van der Waals surface area contributed by atoms with Crippen LogP contribution in [0.3, 0.4) is 0 Å². The van der Waals surface area contributed by atoms with Gasteiger partial charge in [0.15, 0.2) is 0 Å². The highest BCUT2D eigenvalue weighted by Crippen LogP contribution is 2.24. The molecule has 2 aliphatic heterocycles. The van der Waals surface area contributed by atoms with Gasteiger partial charge in [0.2, 0.25) is 0 Å². The van der Waals surface area contributed by atoms with Gasteiger partial charge in [-0.25, -0.2) is 0 Å². The third-order valence-corrected chi connectivity index (χ3v) is 5.38. The molecular weight excluding hydrogens is 244 g/mol. The van der Waals surface area contributed by atoms with E-state index in [9.17, 15) is 0 Å². The molecule has 2 heteroatoms. The van der Waals surface area contributed by atoms with Crippen LogP contribution in [0.25, 0.3) is 0 Å². The lowest BCUT2D eigenvalue weighted by Crippen LogP contribution is -2.48. The quantitative estimate of drug-likeness (QED) is 0.710. The number of allylic oxidation sites excluding steroid dienone is 2. The van der Waals surface area contributed by atoms with Crippen LogP contribution in [0.5, 0.6) is 0 Å². The normalized spacial score (nSPS) is 31.1. The Labute approximate surface area is 124 Å². The molecule has 2 saturated heterocycles. The van der Waals surface area contributed by atoms with Crippen molar-refractivity contribution in [1.29, 1.82) is 0 Å². The summed E-state index contributed by atoms with van der Waals surface area (Å²) < 4.78 is 0. The van der Waals surface area contributed by atoms with Gasteiger partial charge >= 0.3 is 0 Å². The topological polar surface area (TPSA) is 6.48 Å². The molecule has 1 unspecified atom stereocenters. The third kappa shape index (κ3) is 3.53. The minimum atomic E-state index is 0.662. The highest BCUT2D eigenvalue weighted by atomic mass is 15.2. The van der Waals surface area contributed by atoms with E-state index in [4.69, 9.17) is 0 Å². The van der Waals surface area contributed by atoms with Crippen LogP contribution in [0, 0.1) is 0 Å². The Bertz CT molecular complexity index is 358. The summed E-state index contributed by atoms with van der Waals surface area (Å²) in [6.07, 6.45) is 16.7. The fraction of sp³-hybridized carbons (Fsp3) is 0.778. The monoisotopic (exact) mass is 274 g/mol. The largest absolute Gasteiger partial charge is 0.300 e. The fourth-order valence-corrected chi connectivity index (χ4v) is 4.03. The zero-order chi connectivity index (χ0) is 13.8. The van der Waals surface area contributed by atoms with Crippen molar-refractivity contribution in [3.05, 3.63) is 23.8 Å². The molecule has 3 aliphatic rings. The molecule has 0 radical (unpaired) electrons. The lowest BCUT2D eigenvalue weighted by atomic mass is 9.98. The molecule has 0 aromatic rings. The standard InChI is InChI=1S/C18H30N2/c1-16-6-5-7-17(9-8-16)20-14-10-18(11-15-20)19-12-3-2-4-13-19/h5,7-8,17-18H,2-4,6,9-15H2,1H3. The molecule has 2 fully saturated rings. The van der Waals surface area contributed by atoms with Crippen molar-refractivity contribution in [2.45, 2.75) is 64.0 Å². The summed E-state index contributed by atoms with van der Waals surface area (Å²) in [5.74, 6) is 0. The first kappa shape index (κ1) is 14.3. The van der Waals surface area contributed by atoms with E-state index in [1.807, 2.05) is 0 Å². The first-order valence-electron chi connectivity index (χ1n) is 8.63. The summed E-state index contributed by atoms with van der Waals surface area (Å²) in [6.45, 7) is 7.56. The molecule has 0 aromatic heterocycles. The average molecular weight is 274 g/mol. The van der Waals surface area contributed by atoms with E-state index in [0.29, 0.717) is 6.04 Å². The Kier molecular flexibility index (Phi) is 4.95. The van der Waals surface area contributed by atoms with E-state index in [2.05, 4.69) is 35.0 Å². The van der Waals surface area contributed by atoms with Crippen molar-refractivity contribution in [1.82, 2.24) is 9.80 Å². The zero-order valence-corrected chi connectivity index (χ0v) is 13.1. The van der Waals surface area contributed by atoms with Crippen LogP contribution in [0.1, 0.15) is 51.9 Å². The third-order valence-electron chi connectivity index (χ3n) is 5.38. The molecule has 0 saturated carbocycles. The summed E-state index contributed by atoms with van der Waals surface area (Å²) >= 11 is 0. The minimum absolute atomic E-state index is 0.662. The van der Waals surface area contributed by atoms with Crippen molar-refractivity contribution < 1.29 is 0 Å². The van der Waals surface area contributed by atoms with Gasteiger partial charge in [0.05, 0.1) is 0 Å². The van der Waals surface area contributed by atoms with E-state index in [1.165, 1.54) is 70.3 Å². The van der Waals surface area contributed by atoms with E-state index >= 15 is 0 Å².